The van der Waals surface area contributed by atoms with E-state index in [1.807, 2.05) is 30.0 Å². The standard InChI is InChI=1S/C29H40N2O2/c1-3-23-15-17-25(18-16-23)19-20-28(32)31(22-21-24-11-7-5-8-12-24)27(4-2)29(33)30-26-13-9-6-10-14-26/h5,7-8,11-12,15-18,26-27H,3-4,6,9-10,13-14,19-22H2,1-2H3,(H,30,33). The highest BCUT2D eigenvalue weighted by atomic mass is 16.2. The quantitative estimate of drug-likeness (QED) is 0.495. The van der Waals surface area contributed by atoms with E-state index >= 15 is 0 Å². The van der Waals surface area contributed by atoms with Gasteiger partial charge in [0.15, 0.2) is 0 Å². The van der Waals surface area contributed by atoms with E-state index in [4.69, 9.17) is 0 Å². The molecule has 4 heteroatoms. The fraction of sp³-hybridized carbons (Fsp3) is 0.517. The van der Waals surface area contributed by atoms with Crippen LogP contribution in [0.25, 0.3) is 0 Å². The van der Waals surface area contributed by atoms with Gasteiger partial charge in [0.2, 0.25) is 11.8 Å². The van der Waals surface area contributed by atoms with Gasteiger partial charge in [-0.25, -0.2) is 0 Å². The number of amides is 2. The molecule has 33 heavy (non-hydrogen) atoms. The van der Waals surface area contributed by atoms with Crippen LogP contribution in [0.2, 0.25) is 0 Å². The van der Waals surface area contributed by atoms with E-state index in [1.54, 1.807) is 0 Å². The molecule has 2 aromatic rings. The van der Waals surface area contributed by atoms with Crippen molar-refractivity contribution < 1.29 is 9.59 Å². The van der Waals surface area contributed by atoms with Crippen LogP contribution in [0.15, 0.2) is 54.6 Å². The van der Waals surface area contributed by atoms with Gasteiger partial charge in [0.05, 0.1) is 0 Å². The molecule has 4 nitrogen and oxygen atoms in total. The lowest BCUT2D eigenvalue weighted by Crippen LogP contribution is -2.52. The van der Waals surface area contributed by atoms with Gasteiger partial charge in [0.1, 0.15) is 6.04 Å². The van der Waals surface area contributed by atoms with E-state index in [0.29, 0.717) is 25.8 Å². The molecule has 1 aliphatic rings. The van der Waals surface area contributed by atoms with Crippen molar-refractivity contribution in [1.29, 1.82) is 0 Å². The van der Waals surface area contributed by atoms with E-state index in [2.05, 4.69) is 48.6 Å². The molecule has 0 heterocycles. The van der Waals surface area contributed by atoms with Gasteiger partial charge in [-0.2, -0.15) is 0 Å². The van der Waals surface area contributed by atoms with Gasteiger partial charge in [-0.1, -0.05) is 87.7 Å². The summed E-state index contributed by atoms with van der Waals surface area (Å²) in [7, 11) is 0. The largest absolute Gasteiger partial charge is 0.352 e. The average molecular weight is 449 g/mol. The van der Waals surface area contributed by atoms with Crippen LogP contribution < -0.4 is 5.32 Å². The molecule has 178 valence electrons. The van der Waals surface area contributed by atoms with Crippen LogP contribution >= 0.6 is 0 Å². The first-order valence-electron chi connectivity index (χ1n) is 12.8. The lowest BCUT2D eigenvalue weighted by Gasteiger charge is -2.33. The van der Waals surface area contributed by atoms with Crippen molar-refractivity contribution in [3.8, 4) is 0 Å². The zero-order valence-electron chi connectivity index (χ0n) is 20.4. The Bertz CT molecular complexity index is 857. The fourth-order valence-electron chi connectivity index (χ4n) is 4.78. The Morgan fingerprint density at radius 1 is 0.879 bits per heavy atom. The SMILES string of the molecule is CCc1ccc(CCC(=O)N(CCc2ccccc2)C(CC)C(=O)NC2CCCCC2)cc1. The number of carbonyl (C=O) groups excluding carboxylic acids is 2. The van der Waals surface area contributed by atoms with Crippen LogP contribution in [0.3, 0.4) is 0 Å². The maximum atomic E-state index is 13.4. The number of hydrogen-bond acceptors (Lipinski definition) is 2. The third-order valence-electron chi connectivity index (χ3n) is 6.88. The monoisotopic (exact) mass is 448 g/mol. The van der Waals surface area contributed by atoms with E-state index in [9.17, 15) is 9.59 Å². The Morgan fingerprint density at radius 3 is 2.15 bits per heavy atom. The first-order valence-corrected chi connectivity index (χ1v) is 12.8. The smallest absolute Gasteiger partial charge is 0.243 e. The zero-order chi connectivity index (χ0) is 23.5. The van der Waals surface area contributed by atoms with E-state index in [-0.39, 0.29) is 17.9 Å². The third kappa shape index (κ3) is 7.73. The summed E-state index contributed by atoms with van der Waals surface area (Å²) in [5.41, 5.74) is 3.66. The molecule has 1 saturated carbocycles. The number of aryl methyl sites for hydroxylation is 2. The van der Waals surface area contributed by atoms with E-state index in [1.165, 1.54) is 36.0 Å². The number of carbonyl (C=O) groups is 2. The van der Waals surface area contributed by atoms with Crippen molar-refractivity contribution >= 4 is 11.8 Å². The Labute approximate surface area is 199 Å². The number of rotatable bonds is 11. The number of nitrogens with one attached hydrogen (secondary N) is 1. The molecule has 2 aromatic carbocycles. The molecule has 3 rings (SSSR count). The summed E-state index contributed by atoms with van der Waals surface area (Å²) >= 11 is 0. The summed E-state index contributed by atoms with van der Waals surface area (Å²) in [6, 6.07) is 18.6. The lowest BCUT2D eigenvalue weighted by atomic mass is 9.95. The first-order chi connectivity index (χ1) is 16.1. The highest BCUT2D eigenvalue weighted by Gasteiger charge is 2.29. The third-order valence-corrected chi connectivity index (χ3v) is 6.88. The van der Waals surface area contributed by atoms with Crippen LogP contribution in [0.1, 0.15) is 75.5 Å². The van der Waals surface area contributed by atoms with Crippen molar-refractivity contribution in [1.82, 2.24) is 10.2 Å². The van der Waals surface area contributed by atoms with Gasteiger partial charge in [-0.3, -0.25) is 9.59 Å². The van der Waals surface area contributed by atoms with Gasteiger partial charge in [-0.05, 0) is 55.2 Å². The van der Waals surface area contributed by atoms with Gasteiger partial charge >= 0.3 is 0 Å². The summed E-state index contributed by atoms with van der Waals surface area (Å²) in [6.45, 7) is 4.72. The molecular formula is C29H40N2O2. The average Bonchev–Trinajstić information content (AvgIpc) is 2.86. The van der Waals surface area contributed by atoms with Crippen LogP contribution in [0.5, 0.6) is 0 Å². The van der Waals surface area contributed by atoms with Crippen LogP contribution in [0, 0.1) is 0 Å². The maximum absolute atomic E-state index is 13.4. The van der Waals surface area contributed by atoms with Gasteiger partial charge in [0.25, 0.3) is 0 Å². The second-order valence-electron chi connectivity index (χ2n) is 9.26. The second-order valence-corrected chi connectivity index (χ2v) is 9.26. The van der Waals surface area contributed by atoms with E-state index in [0.717, 1.165) is 25.7 Å². The molecule has 1 atom stereocenters. The van der Waals surface area contributed by atoms with Crippen LogP contribution in [-0.2, 0) is 28.9 Å². The lowest BCUT2D eigenvalue weighted by molar-refractivity contribution is -0.141. The van der Waals surface area contributed by atoms with Crippen molar-refractivity contribution in [2.45, 2.75) is 90.1 Å². The molecule has 1 fully saturated rings. The van der Waals surface area contributed by atoms with Crippen molar-refractivity contribution in [2.24, 2.45) is 0 Å². The minimum atomic E-state index is -0.411. The summed E-state index contributed by atoms with van der Waals surface area (Å²) in [6.07, 6.45) is 9.23. The second kappa shape index (κ2) is 13.2. The zero-order valence-corrected chi connectivity index (χ0v) is 20.4. The van der Waals surface area contributed by atoms with Gasteiger partial charge < -0.3 is 10.2 Å². The minimum absolute atomic E-state index is 0.0121. The summed E-state index contributed by atoms with van der Waals surface area (Å²) in [5, 5.41) is 3.26. The molecule has 1 N–H and O–H groups in total. The molecule has 0 bridgehead atoms. The highest BCUT2D eigenvalue weighted by molar-refractivity contribution is 5.88. The summed E-state index contributed by atoms with van der Waals surface area (Å²) < 4.78 is 0. The molecule has 1 aliphatic carbocycles. The predicted molar refractivity (Wildman–Crippen MR) is 135 cm³/mol. The Morgan fingerprint density at radius 2 is 1.52 bits per heavy atom. The summed E-state index contributed by atoms with van der Waals surface area (Å²) in [4.78, 5) is 28.5. The van der Waals surface area contributed by atoms with Crippen molar-refractivity contribution in [2.75, 3.05) is 6.54 Å². The predicted octanol–water partition coefficient (Wildman–Crippen LogP) is 5.48. The minimum Gasteiger partial charge on any atom is -0.352 e. The number of hydrogen-bond donors (Lipinski definition) is 1. The topological polar surface area (TPSA) is 49.4 Å². The summed E-state index contributed by atoms with van der Waals surface area (Å²) in [5.74, 6) is 0.0780. The van der Waals surface area contributed by atoms with Crippen molar-refractivity contribution in [3.05, 3.63) is 71.3 Å². The fourth-order valence-corrected chi connectivity index (χ4v) is 4.78. The van der Waals surface area contributed by atoms with Crippen LogP contribution in [-0.4, -0.2) is 35.3 Å². The highest BCUT2D eigenvalue weighted by Crippen LogP contribution is 2.19. The molecule has 2 amide bonds. The molecule has 1 unspecified atom stereocenters. The number of nitrogens with zero attached hydrogens (tertiary/aromatic N) is 1. The molecule has 0 saturated heterocycles. The first kappa shape index (κ1) is 25.0. The Balaban J connectivity index is 1.68. The van der Waals surface area contributed by atoms with Gasteiger partial charge in [0, 0.05) is 19.0 Å². The van der Waals surface area contributed by atoms with E-state index < -0.39 is 6.04 Å². The van der Waals surface area contributed by atoms with Crippen molar-refractivity contribution in [3.63, 3.8) is 0 Å². The molecule has 0 aliphatic heterocycles. The molecule has 0 spiro atoms. The molecule has 0 aromatic heterocycles. The Kier molecular flexibility index (Phi) is 9.99. The molecule has 0 radical (unpaired) electrons. The van der Waals surface area contributed by atoms with Crippen LogP contribution in [0.4, 0.5) is 0 Å². The van der Waals surface area contributed by atoms with Gasteiger partial charge in [-0.15, -0.1) is 0 Å². The molecular weight excluding hydrogens is 408 g/mol. The maximum Gasteiger partial charge on any atom is 0.243 e. The number of benzene rings is 2. The normalized spacial score (nSPS) is 15.1. The Hall–Kier alpha value is -2.62.